The topological polar surface area (TPSA) is 85.6 Å². The summed E-state index contributed by atoms with van der Waals surface area (Å²) in [6.07, 6.45) is 1.73. The van der Waals surface area contributed by atoms with Gasteiger partial charge in [0.2, 0.25) is 5.91 Å². The van der Waals surface area contributed by atoms with E-state index in [0.29, 0.717) is 47.8 Å². The molecule has 0 spiro atoms. The second kappa shape index (κ2) is 9.19. The van der Waals surface area contributed by atoms with Crippen molar-refractivity contribution in [2.75, 3.05) is 24.3 Å². The maximum atomic E-state index is 13.1. The standard InChI is InChI=1S/C21H20FN3O4S/c22-15-3-1-14(2-4-15)10-25-11-17(12-26)24-21(25)30-13-20(27)23-16-5-6-18-19(9-16)29-8-7-28-18/h1-6,9,11,26H,7-8,10,12-13H2,(H,23,27). The van der Waals surface area contributed by atoms with Gasteiger partial charge in [-0.1, -0.05) is 23.9 Å². The number of benzene rings is 2. The highest BCUT2D eigenvalue weighted by Crippen LogP contribution is 2.32. The van der Waals surface area contributed by atoms with Crippen LogP contribution in [0.15, 0.2) is 53.8 Å². The molecule has 2 heterocycles. The Hall–Kier alpha value is -3.04. The molecule has 7 nitrogen and oxygen atoms in total. The van der Waals surface area contributed by atoms with Crippen LogP contribution in [-0.2, 0) is 17.9 Å². The molecule has 1 aliphatic heterocycles. The average Bonchev–Trinajstić information content (AvgIpc) is 3.15. The van der Waals surface area contributed by atoms with Crippen molar-refractivity contribution >= 4 is 23.4 Å². The first-order valence-electron chi connectivity index (χ1n) is 9.34. The third kappa shape index (κ3) is 4.92. The van der Waals surface area contributed by atoms with Gasteiger partial charge in [-0.3, -0.25) is 4.79 Å². The normalized spacial score (nSPS) is 12.6. The number of ether oxygens (including phenoxy) is 2. The highest BCUT2D eigenvalue weighted by Gasteiger charge is 2.14. The van der Waals surface area contributed by atoms with Crippen molar-refractivity contribution in [3.63, 3.8) is 0 Å². The summed E-state index contributed by atoms with van der Waals surface area (Å²) in [5, 5.41) is 12.8. The molecule has 1 aliphatic rings. The first-order valence-corrected chi connectivity index (χ1v) is 10.3. The van der Waals surface area contributed by atoms with Crippen LogP contribution in [0.4, 0.5) is 10.1 Å². The van der Waals surface area contributed by atoms with Crippen molar-refractivity contribution in [1.29, 1.82) is 0 Å². The highest BCUT2D eigenvalue weighted by atomic mass is 32.2. The molecule has 2 N–H and O–H groups in total. The molecular weight excluding hydrogens is 409 g/mol. The summed E-state index contributed by atoms with van der Waals surface area (Å²) >= 11 is 1.26. The third-order valence-corrected chi connectivity index (χ3v) is 5.37. The van der Waals surface area contributed by atoms with Crippen LogP contribution in [0.1, 0.15) is 11.3 Å². The SMILES string of the molecule is O=C(CSc1nc(CO)cn1Cc1ccc(F)cc1)Nc1ccc2c(c1)OCCO2. The van der Waals surface area contributed by atoms with Crippen molar-refractivity contribution in [3.05, 3.63) is 65.7 Å². The van der Waals surface area contributed by atoms with Gasteiger partial charge in [-0.15, -0.1) is 0 Å². The highest BCUT2D eigenvalue weighted by molar-refractivity contribution is 7.99. The molecule has 0 atom stereocenters. The van der Waals surface area contributed by atoms with Crippen LogP contribution in [0.5, 0.6) is 11.5 Å². The molecular formula is C21H20FN3O4S. The Balaban J connectivity index is 1.39. The number of hydrogen-bond donors (Lipinski definition) is 2. The van der Waals surface area contributed by atoms with Crippen molar-refractivity contribution in [2.24, 2.45) is 0 Å². The first kappa shape index (κ1) is 20.2. The van der Waals surface area contributed by atoms with Gasteiger partial charge in [-0.05, 0) is 29.8 Å². The average molecular weight is 429 g/mol. The number of carbonyl (C=O) groups is 1. The van der Waals surface area contributed by atoms with Crippen LogP contribution in [-0.4, -0.2) is 39.5 Å². The van der Waals surface area contributed by atoms with E-state index in [1.165, 1.54) is 23.9 Å². The predicted molar refractivity (Wildman–Crippen MR) is 110 cm³/mol. The van der Waals surface area contributed by atoms with Gasteiger partial charge in [0, 0.05) is 24.5 Å². The quantitative estimate of drug-likeness (QED) is 0.562. The van der Waals surface area contributed by atoms with Crippen LogP contribution in [0.3, 0.4) is 0 Å². The number of thioether (sulfide) groups is 1. The van der Waals surface area contributed by atoms with Crippen LogP contribution in [0.2, 0.25) is 0 Å². The fourth-order valence-corrected chi connectivity index (χ4v) is 3.79. The van der Waals surface area contributed by atoms with E-state index in [0.717, 1.165) is 5.56 Å². The number of aromatic nitrogens is 2. The van der Waals surface area contributed by atoms with E-state index in [1.54, 1.807) is 36.5 Å². The Kier molecular flexibility index (Phi) is 6.20. The molecule has 9 heteroatoms. The van der Waals surface area contributed by atoms with Gasteiger partial charge in [0.05, 0.1) is 18.1 Å². The Morgan fingerprint density at radius 1 is 1.17 bits per heavy atom. The first-order chi connectivity index (χ1) is 14.6. The maximum absolute atomic E-state index is 13.1. The summed E-state index contributed by atoms with van der Waals surface area (Å²) < 4.78 is 26.0. The number of fused-ring (bicyclic) bond motifs is 1. The number of aliphatic hydroxyl groups is 1. The number of hydrogen-bond acceptors (Lipinski definition) is 6. The van der Waals surface area contributed by atoms with Crippen LogP contribution in [0, 0.1) is 5.82 Å². The minimum atomic E-state index is -0.300. The van der Waals surface area contributed by atoms with Crippen molar-refractivity contribution in [3.8, 4) is 11.5 Å². The number of carbonyl (C=O) groups excluding carboxylic acids is 1. The minimum Gasteiger partial charge on any atom is -0.486 e. The largest absolute Gasteiger partial charge is 0.486 e. The van der Waals surface area contributed by atoms with Gasteiger partial charge in [0.15, 0.2) is 16.7 Å². The van der Waals surface area contributed by atoms with Crippen LogP contribution < -0.4 is 14.8 Å². The van der Waals surface area contributed by atoms with Gasteiger partial charge >= 0.3 is 0 Å². The zero-order valence-electron chi connectivity index (χ0n) is 16.0. The molecule has 0 aliphatic carbocycles. The van der Waals surface area contributed by atoms with E-state index in [9.17, 15) is 14.3 Å². The maximum Gasteiger partial charge on any atom is 0.234 e. The zero-order chi connectivity index (χ0) is 20.9. The van der Waals surface area contributed by atoms with E-state index in [-0.39, 0.29) is 24.1 Å². The van der Waals surface area contributed by atoms with Gasteiger partial charge in [-0.2, -0.15) is 0 Å². The Labute approximate surface area is 176 Å². The second-order valence-corrected chi connectivity index (χ2v) is 7.57. The molecule has 0 fully saturated rings. The van der Waals surface area contributed by atoms with Gasteiger partial charge < -0.3 is 24.5 Å². The number of rotatable bonds is 7. The number of aliphatic hydroxyl groups excluding tert-OH is 1. The molecule has 156 valence electrons. The lowest BCUT2D eigenvalue weighted by molar-refractivity contribution is -0.113. The fourth-order valence-electron chi connectivity index (χ4n) is 2.99. The van der Waals surface area contributed by atoms with E-state index >= 15 is 0 Å². The van der Waals surface area contributed by atoms with Crippen LogP contribution >= 0.6 is 11.8 Å². The van der Waals surface area contributed by atoms with Gasteiger partial charge in [0.25, 0.3) is 0 Å². The summed E-state index contributed by atoms with van der Waals surface area (Å²) in [7, 11) is 0. The predicted octanol–water partition coefficient (Wildman–Crippen LogP) is 3.06. The number of nitrogens with zero attached hydrogens (tertiary/aromatic N) is 2. The molecule has 0 saturated carbocycles. The summed E-state index contributed by atoms with van der Waals surface area (Å²) in [5.74, 6) is 0.909. The van der Waals surface area contributed by atoms with E-state index in [2.05, 4.69) is 10.3 Å². The molecule has 3 aromatic rings. The van der Waals surface area contributed by atoms with Gasteiger partial charge in [0.1, 0.15) is 19.0 Å². The van der Waals surface area contributed by atoms with Gasteiger partial charge in [-0.25, -0.2) is 9.37 Å². The molecule has 2 aromatic carbocycles. The van der Waals surface area contributed by atoms with Crippen molar-refractivity contribution in [2.45, 2.75) is 18.3 Å². The number of imidazole rings is 1. The van der Waals surface area contributed by atoms with Crippen molar-refractivity contribution < 1.29 is 23.8 Å². The van der Waals surface area contributed by atoms with Crippen molar-refractivity contribution in [1.82, 2.24) is 9.55 Å². The molecule has 30 heavy (non-hydrogen) atoms. The molecule has 1 amide bonds. The zero-order valence-corrected chi connectivity index (χ0v) is 16.8. The number of anilines is 1. The number of halogens is 1. The minimum absolute atomic E-state index is 0.139. The second-order valence-electron chi connectivity index (χ2n) is 6.62. The number of nitrogens with one attached hydrogen (secondary N) is 1. The summed E-state index contributed by atoms with van der Waals surface area (Å²) in [4.78, 5) is 16.8. The molecule has 0 radical (unpaired) electrons. The Morgan fingerprint density at radius 2 is 1.93 bits per heavy atom. The lowest BCUT2D eigenvalue weighted by Gasteiger charge is -2.19. The van der Waals surface area contributed by atoms with Crippen LogP contribution in [0.25, 0.3) is 0 Å². The fraction of sp³-hybridized carbons (Fsp3) is 0.238. The lowest BCUT2D eigenvalue weighted by atomic mass is 10.2. The Bertz CT molecular complexity index is 1040. The Morgan fingerprint density at radius 3 is 2.70 bits per heavy atom. The molecule has 1 aromatic heterocycles. The molecule has 0 bridgehead atoms. The monoisotopic (exact) mass is 429 g/mol. The van der Waals surface area contributed by atoms with E-state index in [4.69, 9.17) is 9.47 Å². The number of amides is 1. The molecule has 0 saturated heterocycles. The summed E-state index contributed by atoms with van der Waals surface area (Å²) in [6.45, 7) is 1.24. The third-order valence-electron chi connectivity index (χ3n) is 4.38. The summed E-state index contributed by atoms with van der Waals surface area (Å²) in [6, 6.07) is 11.4. The molecule has 4 rings (SSSR count). The molecule has 0 unspecified atom stereocenters. The van der Waals surface area contributed by atoms with E-state index < -0.39 is 0 Å². The summed E-state index contributed by atoms with van der Waals surface area (Å²) in [5.41, 5.74) is 2.02. The lowest BCUT2D eigenvalue weighted by Crippen LogP contribution is -2.17. The smallest absolute Gasteiger partial charge is 0.234 e. The van der Waals surface area contributed by atoms with E-state index in [1.807, 2.05) is 4.57 Å².